The summed E-state index contributed by atoms with van der Waals surface area (Å²) >= 11 is 0. The normalized spacial score (nSPS) is 16.8. The number of ether oxygens (including phenoxy) is 1. The molecule has 0 radical (unpaired) electrons. The Balaban J connectivity index is 0.00000264. The summed E-state index contributed by atoms with van der Waals surface area (Å²) in [5, 5.41) is 0. The quantitative estimate of drug-likeness (QED) is 0.896. The molecule has 1 aliphatic heterocycles. The summed E-state index contributed by atoms with van der Waals surface area (Å²) in [5.74, 6) is 1.54. The molecule has 5 heteroatoms. The standard InChI is InChI=1S/C18H28N2O2.ClH/c1-13(2)22-17-7-5-4-6-16(17)12-18(21)20-10-8-15(9-11-20)14(3)19;/h4-7,13-15H,8-12,19H2,1-3H3;1H. The molecule has 1 heterocycles. The van der Waals surface area contributed by atoms with Crippen molar-refractivity contribution in [1.82, 2.24) is 4.90 Å². The molecule has 1 saturated heterocycles. The van der Waals surface area contributed by atoms with Crippen molar-refractivity contribution >= 4 is 18.3 Å². The Labute approximate surface area is 145 Å². The molecule has 4 nitrogen and oxygen atoms in total. The van der Waals surface area contributed by atoms with Crippen LogP contribution in [0.25, 0.3) is 0 Å². The molecular formula is C18H29ClN2O2. The predicted molar refractivity (Wildman–Crippen MR) is 96.1 cm³/mol. The van der Waals surface area contributed by atoms with E-state index in [1.165, 1.54) is 0 Å². The number of hydrogen-bond donors (Lipinski definition) is 1. The van der Waals surface area contributed by atoms with Crippen LogP contribution in [0.3, 0.4) is 0 Å². The van der Waals surface area contributed by atoms with Crippen molar-refractivity contribution < 1.29 is 9.53 Å². The van der Waals surface area contributed by atoms with Crippen LogP contribution in [0.4, 0.5) is 0 Å². The van der Waals surface area contributed by atoms with Crippen molar-refractivity contribution in [3.05, 3.63) is 29.8 Å². The molecule has 1 unspecified atom stereocenters. The average molecular weight is 341 g/mol. The highest BCUT2D eigenvalue weighted by Crippen LogP contribution is 2.23. The fraction of sp³-hybridized carbons (Fsp3) is 0.611. The van der Waals surface area contributed by atoms with Crippen LogP contribution in [-0.4, -0.2) is 36.0 Å². The number of benzene rings is 1. The van der Waals surface area contributed by atoms with Gasteiger partial charge in [-0.05, 0) is 45.6 Å². The molecular weight excluding hydrogens is 312 g/mol. The van der Waals surface area contributed by atoms with E-state index in [1.807, 2.05) is 43.0 Å². The second-order valence-electron chi connectivity index (χ2n) is 6.53. The fourth-order valence-electron chi connectivity index (χ4n) is 2.97. The number of amides is 1. The zero-order valence-electron chi connectivity index (χ0n) is 14.3. The minimum Gasteiger partial charge on any atom is -0.491 e. The summed E-state index contributed by atoms with van der Waals surface area (Å²) in [5.41, 5.74) is 6.93. The summed E-state index contributed by atoms with van der Waals surface area (Å²) in [7, 11) is 0. The zero-order valence-corrected chi connectivity index (χ0v) is 15.1. The summed E-state index contributed by atoms with van der Waals surface area (Å²) in [4.78, 5) is 14.5. The number of nitrogens with zero attached hydrogens (tertiary/aromatic N) is 1. The number of hydrogen-bond acceptors (Lipinski definition) is 3. The van der Waals surface area contributed by atoms with Crippen molar-refractivity contribution in [3.63, 3.8) is 0 Å². The number of nitrogens with two attached hydrogens (primary N) is 1. The first kappa shape index (κ1) is 19.8. The fourth-order valence-corrected chi connectivity index (χ4v) is 2.97. The lowest BCUT2D eigenvalue weighted by Crippen LogP contribution is -2.43. The smallest absolute Gasteiger partial charge is 0.227 e. The highest BCUT2D eigenvalue weighted by molar-refractivity contribution is 5.85. The van der Waals surface area contributed by atoms with Crippen LogP contribution in [0.15, 0.2) is 24.3 Å². The Kier molecular flexibility index (Phi) is 7.86. The number of likely N-dealkylation sites (tertiary alicyclic amines) is 1. The van der Waals surface area contributed by atoms with Crippen LogP contribution in [0.5, 0.6) is 5.75 Å². The van der Waals surface area contributed by atoms with E-state index in [0.717, 1.165) is 37.2 Å². The molecule has 0 aromatic heterocycles. The lowest BCUT2D eigenvalue weighted by molar-refractivity contribution is -0.132. The van der Waals surface area contributed by atoms with Gasteiger partial charge in [-0.1, -0.05) is 18.2 Å². The third kappa shape index (κ3) is 5.70. The maximum atomic E-state index is 12.5. The van der Waals surface area contributed by atoms with Gasteiger partial charge in [0.05, 0.1) is 12.5 Å². The van der Waals surface area contributed by atoms with Crippen molar-refractivity contribution in [2.45, 2.75) is 52.2 Å². The van der Waals surface area contributed by atoms with Gasteiger partial charge < -0.3 is 15.4 Å². The minimum absolute atomic E-state index is 0. The van der Waals surface area contributed by atoms with Gasteiger partial charge in [0.25, 0.3) is 0 Å². The molecule has 0 saturated carbocycles. The van der Waals surface area contributed by atoms with Crippen LogP contribution in [-0.2, 0) is 11.2 Å². The third-order valence-corrected chi connectivity index (χ3v) is 4.31. The lowest BCUT2D eigenvalue weighted by atomic mass is 9.91. The Morgan fingerprint density at radius 2 is 1.87 bits per heavy atom. The largest absolute Gasteiger partial charge is 0.491 e. The molecule has 0 aliphatic carbocycles. The highest BCUT2D eigenvalue weighted by Gasteiger charge is 2.25. The van der Waals surface area contributed by atoms with Gasteiger partial charge in [-0.2, -0.15) is 0 Å². The second kappa shape index (κ2) is 9.14. The van der Waals surface area contributed by atoms with Crippen LogP contribution in [0, 0.1) is 5.92 Å². The second-order valence-corrected chi connectivity index (χ2v) is 6.53. The van der Waals surface area contributed by atoms with Crippen molar-refractivity contribution in [2.75, 3.05) is 13.1 Å². The molecule has 1 aromatic carbocycles. The molecule has 1 aliphatic rings. The van der Waals surface area contributed by atoms with Crippen molar-refractivity contribution in [3.8, 4) is 5.75 Å². The van der Waals surface area contributed by atoms with Gasteiger partial charge in [-0.25, -0.2) is 0 Å². The average Bonchev–Trinajstić information content (AvgIpc) is 2.48. The van der Waals surface area contributed by atoms with E-state index in [4.69, 9.17) is 10.5 Å². The Hall–Kier alpha value is -1.26. The molecule has 2 rings (SSSR count). The van der Waals surface area contributed by atoms with Gasteiger partial charge in [0, 0.05) is 24.7 Å². The summed E-state index contributed by atoms with van der Waals surface area (Å²) in [6.45, 7) is 7.69. The summed E-state index contributed by atoms with van der Waals surface area (Å²) in [6, 6.07) is 8.03. The van der Waals surface area contributed by atoms with Crippen LogP contribution < -0.4 is 10.5 Å². The first-order valence-electron chi connectivity index (χ1n) is 8.25. The third-order valence-electron chi connectivity index (χ3n) is 4.31. The maximum absolute atomic E-state index is 12.5. The summed E-state index contributed by atoms with van der Waals surface area (Å²) in [6.07, 6.45) is 2.53. The van der Waals surface area contributed by atoms with Crippen LogP contribution in [0.2, 0.25) is 0 Å². The van der Waals surface area contributed by atoms with E-state index in [1.54, 1.807) is 0 Å². The van der Waals surface area contributed by atoms with E-state index in [-0.39, 0.29) is 30.5 Å². The molecule has 1 aromatic rings. The number of halogens is 1. The first-order chi connectivity index (χ1) is 10.5. The SMILES string of the molecule is CC(C)Oc1ccccc1CC(=O)N1CCC(C(C)N)CC1.Cl. The molecule has 1 atom stereocenters. The van der Waals surface area contributed by atoms with Gasteiger partial charge in [0.15, 0.2) is 0 Å². The van der Waals surface area contributed by atoms with Gasteiger partial charge in [-0.3, -0.25) is 4.79 Å². The molecule has 130 valence electrons. The Morgan fingerprint density at radius 3 is 2.43 bits per heavy atom. The molecule has 2 N–H and O–H groups in total. The lowest BCUT2D eigenvalue weighted by Gasteiger charge is -2.34. The Bertz CT molecular complexity index is 498. The maximum Gasteiger partial charge on any atom is 0.227 e. The molecule has 0 spiro atoms. The molecule has 23 heavy (non-hydrogen) atoms. The summed E-state index contributed by atoms with van der Waals surface area (Å²) < 4.78 is 5.79. The molecule has 1 amide bonds. The number of para-hydroxylation sites is 1. The first-order valence-corrected chi connectivity index (χ1v) is 8.25. The number of carbonyl (C=O) groups excluding carboxylic acids is 1. The van der Waals surface area contributed by atoms with Gasteiger partial charge in [0.1, 0.15) is 5.75 Å². The Morgan fingerprint density at radius 1 is 1.26 bits per heavy atom. The molecule has 0 bridgehead atoms. The highest BCUT2D eigenvalue weighted by atomic mass is 35.5. The van der Waals surface area contributed by atoms with E-state index in [9.17, 15) is 4.79 Å². The van der Waals surface area contributed by atoms with Crippen LogP contribution in [0.1, 0.15) is 39.2 Å². The van der Waals surface area contributed by atoms with E-state index >= 15 is 0 Å². The van der Waals surface area contributed by atoms with Crippen LogP contribution >= 0.6 is 12.4 Å². The van der Waals surface area contributed by atoms with Crippen molar-refractivity contribution in [2.24, 2.45) is 11.7 Å². The molecule has 1 fully saturated rings. The zero-order chi connectivity index (χ0) is 16.1. The minimum atomic E-state index is 0. The van der Waals surface area contributed by atoms with Gasteiger partial charge in [0.2, 0.25) is 5.91 Å². The monoisotopic (exact) mass is 340 g/mol. The van der Waals surface area contributed by atoms with E-state index < -0.39 is 0 Å². The van der Waals surface area contributed by atoms with Gasteiger partial charge in [-0.15, -0.1) is 12.4 Å². The van der Waals surface area contributed by atoms with Crippen molar-refractivity contribution in [1.29, 1.82) is 0 Å². The topological polar surface area (TPSA) is 55.6 Å². The van der Waals surface area contributed by atoms with E-state index in [0.29, 0.717) is 12.3 Å². The number of rotatable bonds is 5. The van der Waals surface area contributed by atoms with Gasteiger partial charge >= 0.3 is 0 Å². The van der Waals surface area contributed by atoms with E-state index in [2.05, 4.69) is 6.92 Å². The number of piperidine rings is 1. The number of carbonyl (C=O) groups is 1. The predicted octanol–water partition coefficient (Wildman–Crippen LogP) is 3.02.